The molecule has 0 aliphatic carbocycles. The SMILES string of the molecule is Cc1cc(=O)c(C(=O)N(C)Cc2ccc(N3CCOCC3)cc2)nn1-c1ccccc1F. The number of aromatic nitrogens is 2. The van der Waals surface area contributed by atoms with Crippen LogP contribution in [0.5, 0.6) is 0 Å². The third kappa shape index (κ3) is 4.55. The molecular weight excluding hydrogens is 411 g/mol. The summed E-state index contributed by atoms with van der Waals surface area (Å²) in [7, 11) is 1.62. The molecular formula is C24H25FN4O3. The number of rotatable bonds is 5. The number of hydrogen-bond acceptors (Lipinski definition) is 5. The standard InChI is InChI=1S/C24H25FN4O3/c1-17-15-22(30)23(26-29(17)21-6-4-3-5-20(21)25)24(31)27(2)16-18-7-9-19(10-8-18)28-11-13-32-14-12-28/h3-10,15H,11-14,16H2,1-2H3. The van der Waals surface area contributed by atoms with E-state index >= 15 is 0 Å². The van der Waals surface area contributed by atoms with E-state index in [0.29, 0.717) is 25.5 Å². The number of carbonyl (C=O) groups excluding carboxylic acids is 1. The van der Waals surface area contributed by atoms with Gasteiger partial charge in [-0.15, -0.1) is 0 Å². The zero-order chi connectivity index (χ0) is 22.7. The normalized spacial score (nSPS) is 13.8. The average Bonchev–Trinajstić information content (AvgIpc) is 2.80. The van der Waals surface area contributed by atoms with E-state index in [-0.39, 0.29) is 11.4 Å². The third-order valence-corrected chi connectivity index (χ3v) is 5.47. The molecule has 2 aromatic carbocycles. The molecule has 2 heterocycles. The maximum atomic E-state index is 14.3. The first-order chi connectivity index (χ1) is 15.4. The molecule has 0 atom stereocenters. The first-order valence-electron chi connectivity index (χ1n) is 10.5. The lowest BCUT2D eigenvalue weighted by Crippen LogP contribution is -2.36. The molecule has 166 valence electrons. The van der Waals surface area contributed by atoms with Gasteiger partial charge in [0.05, 0.1) is 13.2 Å². The number of anilines is 1. The number of aryl methyl sites for hydroxylation is 1. The molecule has 1 fully saturated rings. The first-order valence-corrected chi connectivity index (χ1v) is 10.5. The van der Waals surface area contributed by atoms with Gasteiger partial charge in [0.2, 0.25) is 5.43 Å². The summed E-state index contributed by atoms with van der Waals surface area (Å²) < 4.78 is 20.9. The van der Waals surface area contributed by atoms with Gasteiger partial charge in [-0.05, 0) is 36.8 Å². The van der Waals surface area contributed by atoms with E-state index in [2.05, 4.69) is 10.00 Å². The van der Waals surface area contributed by atoms with Crippen molar-refractivity contribution in [1.82, 2.24) is 14.7 Å². The van der Waals surface area contributed by atoms with Crippen LogP contribution in [0.3, 0.4) is 0 Å². The van der Waals surface area contributed by atoms with Crippen LogP contribution in [0, 0.1) is 12.7 Å². The number of nitrogens with zero attached hydrogens (tertiary/aromatic N) is 4. The van der Waals surface area contributed by atoms with Gasteiger partial charge < -0.3 is 14.5 Å². The Morgan fingerprint density at radius 2 is 1.81 bits per heavy atom. The Labute approximate surface area is 185 Å². The first kappa shape index (κ1) is 21.7. The average molecular weight is 436 g/mol. The topological polar surface area (TPSA) is 67.7 Å². The minimum Gasteiger partial charge on any atom is -0.378 e. The van der Waals surface area contributed by atoms with Crippen LogP contribution in [-0.4, -0.2) is 53.9 Å². The van der Waals surface area contributed by atoms with E-state index in [1.807, 2.05) is 24.3 Å². The van der Waals surface area contributed by atoms with Crippen molar-refractivity contribution in [3.63, 3.8) is 0 Å². The van der Waals surface area contributed by atoms with Crippen LogP contribution in [0.2, 0.25) is 0 Å². The minimum absolute atomic E-state index is 0.181. The molecule has 32 heavy (non-hydrogen) atoms. The summed E-state index contributed by atoms with van der Waals surface area (Å²) in [5.41, 5.74) is 1.93. The van der Waals surface area contributed by atoms with Gasteiger partial charge in [-0.25, -0.2) is 9.07 Å². The van der Waals surface area contributed by atoms with Gasteiger partial charge in [0.15, 0.2) is 5.69 Å². The second-order valence-corrected chi connectivity index (χ2v) is 7.79. The third-order valence-electron chi connectivity index (χ3n) is 5.47. The zero-order valence-electron chi connectivity index (χ0n) is 18.1. The van der Waals surface area contributed by atoms with Crippen molar-refractivity contribution in [2.75, 3.05) is 38.3 Å². The van der Waals surface area contributed by atoms with E-state index in [9.17, 15) is 14.0 Å². The summed E-state index contributed by atoms with van der Waals surface area (Å²) in [6, 6.07) is 15.4. The van der Waals surface area contributed by atoms with Crippen LogP contribution in [-0.2, 0) is 11.3 Å². The molecule has 1 aliphatic heterocycles. The molecule has 0 bridgehead atoms. The van der Waals surface area contributed by atoms with Gasteiger partial charge in [-0.2, -0.15) is 5.10 Å². The quantitative estimate of drug-likeness (QED) is 0.615. The van der Waals surface area contributed by atoms with E-state index in [0.717, 1.165) is 24.3 Å². The largest absolute Gasteiger partial charge is 0.378 e. The molecule has 1 saturated heterocycles. The van der Waals surface area contributed by atoms with Crippen molar-refractivity contribution < 1.29 is 13.9 Å². The lowest BCUT2D eigenvalue weighted by molar-refractivity contribution is 0.0775. The molecule has 3 aromatic rings. The van der Waals surface area contributed by atoms with Crippen LogP contribution in [0.1, 0.15) is 21.7 Å². The Bertz CT molecular complexity index is 1170. The Kier molecular flexibility index (Phi) is 6.32. The molecule has 1 aromatic heterocycles. The smallest absolute Gasteiger partial charge is 0.278 e. The fourth-order valence-corrected chi connectivity index (χ4v) is 3.72. The molecule has 1 aliphatic rings. The second kappa shape index (κ2) is 9.32. The summed E-state index contributed by atoms with van der Waals surface area (Å²) in [6.07, 6.45) is 0. The molecule has 7 nitrogen and oxygen atoms in total. The highest BCUT2D eigenvalue weighted by Gasteiger charge is 2.20. The van der Waals surface area contributed by atoms with Gasteiger partial charge in [-0.1, -0.05) is 24.3 Å². The molecule has 0 N–H and O–H groups in total. The van der Waals surface area contributed by atoms with Crippen molar-refractivity contribution in [2.45, 2.75) is 13.5 Å². The monoisotopic (exact) mass is 436 g/mol. The van der Waals surface area contributed by atoms with Crippen LogP contribution in [0.25, 0.3) is 5.69 Å². The van der Waals surface area contributed by atoms with E-state index in [1.54, 1.807) is 32.2 Å². The van der Waals surface area contributed by atoms with Gasteiger partial charge in [0, 0.05) is 44.1 Å². The molecule has 0 radical (unpaired) electrons. The maximum Gasteiger partial charge on any atom is 0.278 e. The Hall–Kier alpha value is -3.52. The fourth-order valence-electron chi connectivity index (χ4n) is 3.72. The van der Waals surface area contributed by atoms with Crippen molar-refractivity contribution in [2.24, 2.45) is 0 Å². The van der Waals surface area contributed by atoms with Crippen molar-refractivity contribution in [3.05, 3.63) is 87.6 Å². The number of amides is 1. The highest BCUT2D eigenvalue weighted by atomic mass is 19.1. The Balaban J connectivity index is 1.53. The summed E-state index contributed by atoms with van der Waals surface area (Å²) in [6.45, 7) is 5.10. The van der Waals surface area contributed by atoms with Gasteiger partial charge in [0.1, 0.15) is 11.5 Å². The summed E-state index contributed by atoms with van der Waals surface area (Å²) in [5.74, 6) is -1.00. The van der Waals surface area contributed by atoms with E-state index in [4.69, 9.17) is 4.74 Å². The van der Waals surface area contributed by atoms with Crippen LogP contribution in [0.4, 0.5) is 10.1 Å². The fraction of sp³-hybridized carbons (Fsp3) is 0.292. The lowest BCUT2D eigenvalue weighted by Gasteiger charge is -2.29. The van der Waals surface area contributed by atoms with Gasteiger partial charge in [0.25, 0.3) is 5.91 Å². The number of morpholine rings is 1. The van der Waals surface area contributed by atoms with Crippen LogP contribution in [0.15, 0.2) is 59.4 Å². The highest BCUT2D eigenvalue weighted by Crippen LogP contribution is 2.18. The number of benzene rings is 2. The number of para-hydroxylation sites is 1. The summed E-state index contributed by atoms with van der Waals surface area (Å²) in [4.78, 5) is 29.2. The van der Waals surface area contributed by atoms with Gasteiger partial charge >= 0.3 is 0 Å². The van der Waals surface area contributed by atoms with E-state index in [1.165, 1.54) is 21.7 Å². The van der Waals surface area contributed by atoms with Crippen molar-refractivity contribution in [1.29, 1.82) is 0 Å². The van der Waals surface area contributed by atoms with E-state index < -0.39 is 17.2 Å². The number of hydrogen-bond donors (Lipinski definition) is 0. The van der Waals surface area contributed by atoms with Crippen LogP contribution < -0.4 is 10.3 Å². The van der Waals surface area contributed by atoms with Crippen LogP contribution >= 0.6 is 0 Å². The molecule has 1 amide bonds. The van der Waals surface area contributed by atoms with Crippen molar-refractivity contribution >= 4 is 11.6 Å². The maximum absolute atomic E-state index is 14.3. The zero-order valence-corrected chi connectivity index (χ0v) is 18.1. The second-order valence-electron chi connectivity index (χ2n) is 7.79. The summed E-state index contributed by atoms with van der Waals surface area (Å²) in [5, 5.41) is 4.20. The predicted molar refractivity (Wildman–Crippen MR) is 120 cm³/mol. The minimum atomic E-state index is -0.516. The molecule has 0 saturated carbocycles. The molecule has 0 spiro atoms. The molecule has 0 unspecified atom stereocenters. The number of halogens is 1. The highest BCUT2D eigenvalue weighted by molar-refractivity contribution is 5.91. The predicted octanol–water partition coefficient (Wildman–Crippen LogP) is 2.79. The lowest BCUT2D eigenvalue weighted by atomic mass is 10.1. The molecule has 4 rings (SSSR count). The Morgan fingerprint density at radius 1 is 1.12 bits per heavy atom. The molecule has 8 heteroatoms. The van der Waals surface area contributed by atoms with Gasteiger partial charge in [-0.3, -0.25) is 9.59 Å². The Morgan fingerprint density at radius 3 is 2.50 bits per heavy atom. The van der Waals surface area contributed by atoms with Crippen molar-refractivity contribution in [3.8, 4) is 5.69 Å². The number of ether oxygens (including phenoxy) is 1. The number of carbonyl (C=O) groups is 1. The summed E-state index contributed by atoms with van der Waals surface area (Å²) >= 11 is 0.